The van der Waals surface area contributed by atoms with Crippen LogP contribution in [0.15, 0.2) is 18.7 Å². The molecule has 134 valence electrons. The van der Waals surface area contributed by atoms with Crippen molar-refractivity contribution in [1.82, 2.24) is 9.55 Å². The second-order valence-electron chi connectivity index (χ2n) is 7.64. The first-order valence-corrected chi connectivity index (χ1v) is 9.21. The first-order chi connectivity index (χ1) is 11.9. The lowest BCUT2D eigenvalue weighted by Gasteiger charge is -2.63. The van der Waals surface area contributed by atoms with Crippen LogP contribution in [-0.2, 0) is 19.1 Å². The lowest BCUT2D eigenvalue weighted by molar-refractivity contribution is -0.222. The van der Waals surface area contributed by atoms with Gasteiger partial charge < -0.3 is 9.47 Å². The van der Waals surface area contributed by atoms with Crippen LogP contribution in [0.4, 0.5) is 0 Å². The molecule has 3 saturated carbocycles. The van der Waals surface area contributed by atoms with E-state index in [1.165, 1.54) is 0 Å². The van der Waals surface area contributed by atoms with E-state index in [1.54, 1.807) is 30.2 Å². The standard InChI is InChI=1S/C18H22N2O4S/c1-3-23-14(22)17-10-16(2)6-5-13(18(16,17)7-4-12(17)21)24-15(25)20-9-8-19-11-20/h8-9,11,13H,3-7,10H2,1-2H3/t13-,16+,17-,18+/m1/s1. The highest BCUT2D eigenvalue weighted by molar-refractivity contribution is 7.80. The summed E-state index contributed by atoms with van der Waals surface area (Å²) in [7, 11) is 0. The topological polar surface area (TPSA) is 70.4 Å². The van der Waals surface area contributed by atoms with Gasteiger partial charge in [-0.3, -0.25) is 14.2 Å². The molecule has 0 unspecified atom stereocenters. The Balaban J connectivity index is 1.70. The molecule has 1 aromatic rings. The summed E-state index contributed by atoms with van der Waals surface area (Å²) in [5.41, 5.74) is -1.64. The van der Waals surface area contributed by atoms with E-state index in [9.17, 15) is 9.59 Å². The van der Waals surface area contributed by atoms with Gasteiger partial charge in [0.2, 0.25) is 0 Å². The number of carbonyl (C=O) groups is 2. The molecule has 0 amide bonds. The van der Waals surface area contributed by atoms with Crippen molar-refractivity contribution >= 4 is 29.1 Å². The highest BCUT2D eigenvalue weighted by atomic mass is 32.1. The lowest BCUT2D eigenvalue weighted by Crippen LogP contribution is -2.69. The molecule has 0 bridgehead atoms. The van der Waals surface area contributed by atoms with Crippen molar-refractivity contribution in [1.29, 1.82) is 0 Å². The largest absolute Gasteiger partial charge is 0.466 e. The first-order valence-electron chi connectivity index (χ1n) is 8.81. The number of aromatic nitrogens is 2. The van der Waals surface area contributed by atoms with Gasteiger partial charge in [-0.15, -0.1) is 0 Å². The average molecular weight is 362 g/mol. The smallest absolute Gasteiger partial charge is 0.320 e. The third-order valence-corrected chi connectivity index (χ3v) is 7.11. The van der Waals surface area contributed by atoms with Gasteiger partial charge in [0.15, 0.2) is 5.78 Å². The summed E-state index contributed by atoms with van der Waals surface area (Å²) in [6.07, 6.45) is 8.06. The molecule has 3 aliphatic rings. The van der Waals surface area contributed by atoms with E-state index in [2.05, 4.69) is 11.9 Å². The van der Waals surface area contributed by atoms with Crippen molar-refractivity contribution in [2.75, 3.05) is 6.61 Å². The van der Waals surface area contributed by atoms with Crippen LogP contribution in [0.1, 0.15) is 46.0 Å². The van der Waals surface area contributed by atoms with E-state index in [0.717, 1.165) is 12.8 Å². The van der Waals surface area contributed by atoms with Crippen molar-refractivity contribution in [3.05, 3.63) is 18.7 Å². The van der Waals surface area contributed by atoms with E-state index in [-0.39, 0.29) is 29.9 Å². The fraction of sp³-hybridized carbons (Fsp3) is 0.667. The van der Waals surface area contributed by atoms with E-state index < -0.39 is 10.8 Å². The van der Waals surface area contributed by atoms with Gasteiger partial charge >= 0.3 is 5.97 Å². The van der Waals surface area contributed by atoms with Crippen LogP contribution in [0, 0.1) is 16.2 Å². The number of hydrogen-bond donors (Lipinski definition) is 0. The zero-order chi connectivity index (χ0) is 17.9. The zero-order valence-corrected chi connectivity index (χ0v) is 15.3. The Bertz CT molecular complexity index is 748. The van der Waals surface area contributed by atoms with Crippen molar-refractivity contribution in [2.24, 2.45) is 16.2 Å². The number of carbonyl (C=O) groups excluding carboxylic acids is 2. The number of hydrogen-bond acceptors (Lipinski definition) is 6. The summed E-state index contributed by atoms with van der Waals surface area (Å²) >= 11 is 5.40. The summed E-state index contributed by atoms with van der Waals surface area (Å²) in [5, 5.41) is 0.310. The SMILES string of the molecule is CCOC(=O)[C@]12C[C@]3(C)CC[C@@H](OC(=S)n4ccnc4)[C@@]31CCC2=O. The Kier molecular flexibility index (Phi) is 3.58. The van der Waals surface area contributed by atoms with Gasteiger partial charge in [-0.2, -0.15) is 0 Å². The number of ketones is 1. The second kappa shape index (κ2) is 5.37. The molecule has 0 radical (unpaired) electrons. The molecule has 6 nitrogen and oxygen atoms in total. The van der Waals surface area contributed by atoms with Crippen LogP contribution in [0.3, 0.4) is 0 Å². The Hall–Kier alpha value is -1.76. The number of esters is 1. The molecule has 4 rings (SSSR count). The number of imidazole rings is 1. The number of ether oxygens (including phenoxy) is 2. The van der Waals surface area contributed by atoms with Gasteiger partial charge in [-0.25, -0.2) is 4.98 Å². The minimum absolute atomic E-state index is 0.00692. The predicted molar refractivity (Wildman–Crippen MR) is 92.8 cm³/mol. The molecule has 3 aliphatic carbocycles. The minimum atomic E-state index is -1.05. The number of rotatable bonds is 3. The fourth-order valence-corrected chi connectivity index (χ4v) is 6.08. The van der Waals surface area contributed by atoms with Gasteiger partial charge in [0.25, 0.3) is 5.17 Å². The number of Topliss-reactive ketones (excluding diaryl/α,β-unsaturated/α-hetero) is 1. The van der Waals surface area contributed by atoms with Gasteiger partial charge in [0.05, 0.1) is 6.61 Å². The van der Waals surface area contributed by atoms with E-state index >= 15 is 0 Å². The monoisotopic (exact) mass is 362 g/mol. The molecule has 0 aromatic carbocycles. The van der Waals surface area contributed by atoms with Gasteiger partial charge in [0.1, 0.15) is 17.8 Å². The average Bonchev–Trinajstić information content (AvgIpc) is 3.23. The lowest BCUT2D eigenvalue weighted by atomic mass is 9.38. The van der Waals surface area contributed by atoms with Crippen molar-refractivity contribution < 1.29 is 19.1 Å². The molecule has 1 spiro atoms. The van der Waals surface area contributed by atoms with Gasteiger partial charge in [-0.1, -0.05) is 6.92 Å². The Morgan fingerprint density at radius 2 is 2.28 bits per heavy atom. The highest BCUT2D eigenvalue weighted by Gasteiger charge is 2.85. The van der Waals surface area contributed by atoms with E-state index in [0.29, 0.717) is 24.4 Å². The highest BCUT2D eigenvalue weighted by Crippen LogP contribution is 2.80. The third-order valence-electron chi connectivity index (χ3n) is 6.81. The van der Waals surface area contributed by atoms with Crippen LogP contribution in [-0.4, -0.2) is 39.2 Å². The van der Waals surface area contributed by atoms with Crippen LogP contribution in [0.2, 0.25) is 0 Å². The summed E-state index contributed by atoms with van der Waals surface area (Å²) in [6, 6.07) is 0. The van der Waals surface area contributed by atoms with Gasteiger partial charge in [-0.05, 0) is 50.2 Å². The van der Waals surface area contributed by atoms with Crippen molar-refractivity contribution in [2.45, 2.75) is 52.1 Å². The Labute approximate surface area is 151 Å². The molecule has 4 atom stereocenters. The molecule has 1 aromatic heterocycles. The molecule has 3 fully saturated rings. The number of thiocarbonyl (C=S) groups is 1. The third kappa shape index (κ3) is 1.85. The maximum Gasteiger partial charge on any atom is 0.320 e. The molecule has 1 heterocycles. The second-order valence-corrected chi connectivity index (χ2v) is 7.99. The van der Waals surface area contributed by atoms with E-state index in [4.69, 9.17) is 21.7 Å². The molecular weight excluding hydrogens is 340 g/mol. The molecular formula is C18H22N2O4S. The molecule has 7 heteroatoms. The predicted octanol–water partition coefficient (Wildman–Crippen LogP) is 2.50. The maximum atomic E-state index is 12.8. The number of nitrogens with zero attached hydrogens (tertiary/aromatic N) is 2. The summed E-state index contributed by atoms with van der Waals surface area (Å²) in [4.78, 5) is 29.6. The summed E-state index contributed by atoms with van der Waals surface area (Å²) < 4.78 is 13.1. The molecule has 0 saturated heterocycles. The fourth-order valence-electron chi connectivity index (χ4n) is 5.86. The Morgan fingerprint density at radius 3 is 2.96 bits per heavy atom. The normalized spacial score (nSPS) is 38.6. The Morgan fingerprint density at radius 1 is 1.48 bits per heavy atom. The summed E-state index contributed by atoms with van der Waals surface area (Å²) in [5.74, 6) is -0.369. The zero-order valence-electron chi connectivity index (χ0n) is 14.5. The van der Waals surface area contributed by atoms with Crippen LogP contribution in [0.25, 0.3) is 0 Å². The van der Waals surface area contributed by atoms with Crippen molar-refractivity contribution in [3.63, 3.8) is 0 Å². The van der Waals surface area contributed by atoms with E-state index in [1.807, 2.05) is 0 Å². The quantitative estimate of drug-likeness (QED) is 0.467. The van der Waals surface area contributed by atoms with Crippen LogP contribution >= 0.6 is 12.2 Å². The minimum Gasteiger partial charge on any atom is -0.466 e. The van der Waals surface area contributed by atoms with Gasteiger partial charge in [0, 0.05) is 24.2 Å². The molecule has 25 heavy (non-hydrogen) atoms. The van der Waals surface area contributed by atoms with Crippen molar-refractivity contribution in [3.8, 4) is 0 Å². The molecule has 0 aliphatic heterocycles. The van der Waals surface area contributed by atoms with Crippen LogP contribution < -0.4 is 0 Å². The maximum absolute atomic E-state index is 12.8. The summed E-state index contributed by atoms with van der Waals surface area (Å²) in [6.45, 7) is 4.22. The van der Waals surface area contributed by atoms with Crippen LogP contribution in [0.5, 0.6) is 0 Å². The first kappa shape index (κ1) is 16.7. The molecule has 0 N–H and O–H groups in total.